The van der Waals surface area contributed by atoms with Gasteiger partial charge in [-0.15, -0.1) is 0 Å². The molecule has 31 heavy (non-hydrogen) atoms. The van der Waals surface area contributed by atoms with Crippen molar-refractivity contribution in [1.29, 1.82) is 0 Å². The lowest BCUT2D eigenvalue weighted by Crippen LogP contribution is -2.52. The minimum Gasteiger partial charge on any atom is -0.355 e. The summed E-state index contributed by atoms with van der Waals surface area (Å²) in [6.07, 6.45) is 11.0. The van der Waals surface area contributed by atoms with E-state index in [-0.39, 0.29) is 11.8 Å². The topological polar surface area (TPSA) is 69.9 Å². The Morgan fingerprint density at radius 3 is 2.77 bits per heavy atom. The molecule has 0 spiro atoms. The Balaban J connectivity index is 1.15. The summed E-state index contributed by atoms with van der Waals surface area (Å²) in [6.45, 7) is 5.69. The van der Waals surface area contributed by atoms with Gasteiger partial charge in [0.15, 0.2) is 0 Å². The number of imidazole rings is 1. The maximum absolute atomic E-state index is 13.2. The molecule has 8 nitrogen and oxygen atoms in total. The van der Waals surface area contributed by atoms with Crippen molar-refractivity contribution in [2.24, 2.45) is 5.92 Å². The van der Waals surface area contributed by atoms with E-state index in [0.29, 0.717) is 5.02 Å². The van der Waals surface area contributed by atoms with E-state index in [1.807, 2.05) is 33.8 Å². The monoisotopic (exact) mass is 439 g/mol. The normalized spacial score (nSPS) is 20.4. The highest BCUT2D eigenvalue weighted by Gasteiger charge is 2.31. The lowest BCUT2D eigenvalue weighted by Gasteiger charge is -2.39. The van der Waals surface area contributed by atoms with Gasteiger partial charge >= 0.3 is 0 Å². The first-order chi connectivity index (χ1) is 15.2. The predicted molar refractivity (Wildman–Crippen MR) is 119 cm³/mol. The van der Waals surface area contributed by atoms with Crippen molar-refractivity contribution in [3.63, 3.8) is 0 Å². The van der Waals surface area contributed by atoms with E-state index in [2.05, 4.69) is 24.8 Å². The molecule has 0 bridgehead atoms. The molecule has 0 saturated carbocycles. The molecule has 5 heterocycles. The van der Waals surface area contributed by atoms with Gasteiger partial charge in [0.1, 0.15) is 11.5 Å². The first kappa shape index (κ1) is 20.2. The van der Waals surface area contributed by atoms with Gasteiger partial charge in [-0.2, -0.15) is 0 Å². The third kappa shape index (κ3) is 4.50. The molecule has 0 radical (unpaired) electrons. The van der Waals surface area contributed by atoms with Crippen molar-refractivity contribution in [3.8, 4) is 0 Å². The molecule has 2 saturated heterocycles. The molecule has 2 fully saturated rings. The molecular weight excluding hydrogens is 414 g/mol. The van der Waals surface area contributed by atoms with Gasteiger partial charge in [0.2, 0.25) is 5.91 Å². The van der Waals surface area contributed by atoms with Crippen molar-refractivity contribution in [1.82, 2.24) is 29.2 Å². The third-order valence-corrected chi connectivity index (χ3v) is 6.40. The van der Waals surface area contributed by atoms with Crippen molar-refractivity contribution in [2.75, 3.05) is 44.2 Å². The van der Waals surface area contributed by atoms with Crippen LogP contribution in [-0.4, -0.2) is 74.3 Å². The van der Waals surface area contributed by atoms with Gasteiger partial charge in [-0.05, 0) is 25.0 Å². The second-order valence-corrected chi connectivity index (χ2v) is 8.73. The molecule has 5 rings (SSSR count). The SMILES string of the molecule is O=C(C1CCCN(c2cnccn2)C1)N1CCN(Cc2cn3cc(Cl)ccc3n2)CC1. The number of rotatable bonds is 4. The van der Waals surface area contributed by atoms with Crippen LogP contribution < -0.4 is 4.90 Å². The quantitative estimate of drug-likeness (QED) is 0.621. The van der Waals surface area contributed by atoms with Crippen molar-refractivity contribution in [2.45, 2.75) is 19.4 Å². The number of aromatic nitrogens is 4. The van der Waals surface area contributed by atoms with Gasteiger partial charge in [-0.1, -0.05) is 11.6 Å². The molecule has 0 aliphatic carbocycles. The Morgan fingerprint density at radius 1 is 1.10 bits per heavy atom. The number of halogens is 1. The average molecular weight is 440 g/mol. The van der Waals surface area contributed by atoms with Crippen LogP contribution >= 0.6 is 11.6 Å². The van der Waals surface area contributed by atoms with E-state index in [1.54, 1.807) is 18.6 Å². The minimum absolute atomic E-state index is 0.0329. The molecule has 1 unspecified atom stereocenters. The highest BCUT2D eigenvalue weighted by atomic mass is 35.5. The number of piperazine rings is 1. The molecule has 2 aliphatic heterocycles. The molecule has 0 N–H and O–H groups in total. The lowest BCUT2D eigenvalue weighted by molar-refractivity contribution is -0.137. The number of pyridine rings is 1. The summed E-state index contributed by atoms with van der Waals surface area (Å²) >= 11 is 6.07. The number of hydrogen-bond donors (Lipinski definition) is 0. The molecule has 2 aliphatic rings. The summed E-state index contributed by atoms with van der Waals surface area (Å²) in [4.78, 5) is 33.0. The van der Waals surface area contributed by atoms with Crippen LogP contribution in [0.4, 0.5) is 5.82 Å². The van der Waals surface area contributed by atoms with Gasteiger partial charge in [0, 0.05) is 70.6 Å². The van der Waals surface area contributed by atoms with Gasteiger partial charge < -0.3 is 14.2 Å². The minimum atomic E-state index is 0.0329. The van der Waals surface area contributed by atoms with Crippen LogP contribution in [0, 0.1) is 5.92 Å². The van der Waals surface area contributed by atoms with E-state index >= 15 is 0 Å². The lowest BCUT2D eigenvalue weighted by atomic mass is 9.96. The first-order valence-corrected chi connectivity index (χ1v) is 11.2. The third-order valence-electron chi connectivity index (χ3n) is 6.18. The Bertz CT molecular complexity index is 1050. The number of piperidine rings is 1. The maximum atomic E-state index is 13.2. The number of anilines is 1. The molecular formula is C22H26ClN7O. The zero-order valence-corrected chi connectivity index (χ0v) is 18.2. The second kappa shape index (κ2) is 8.80. The molecule has 0 aromatic carbocycles. The summed E-state index contributed by atoms with van der Waals surface area (Å²) in [5.41, 5.74) is 1.92. The number of nitrogens with zero attached hydrogens (tertiary/aromatic N) is 7. The summed E-state index contributed by atoms with van der Waals surface area (Å²) in [5, 5.41) is 0.698. The molecule has 162 valence electrons. The Hall–Kier alpha value is -2.71. The smallest absolute Gasteiger partial charge is 0.227 e. The molecule has 3 aromatic heterocycles. The van der Waals surface area contributed by atoms with Crippen LogP contribution in [0.1, 0.15) is 18.5 Å². The van der Waals surface area contributed by atoms with Crippen molar-refractivity contribution in [3.05, 3.63) is 53.8 Å². The summed E-state index contributed by atoms with van der Waals surface area (Å²) in [7, 11) is 0. The number of carbonyl (C=O) groups is 1. The summed E-state index contributed by atoms with van der Waals surface area (Å²) in [6, 6.07) is 3.78. The molecule has 9 heteroatoms. The highest BCUT2D eigenvalue weighted by Crippen LogP contribution is 2.23. The molecule has 1 atom stereocenters. The fourth-order valence-corrected chi connectivity index (χ4v) is 4.72. The fourth-order valence-electron chi connectivity index (χ4n) is 4.55. The van der Waals surface area contributed by atoms with Crippen molar-refractivity contribution < 1.29 is 4.79 Å². The van der Waals surface area contributed by atoms with Crippen LogP contribution in [0.2, 0.25) is 5.02 Å². The van der Waals surface area contributed by atoms with E-state index < -0.39 is 0 Å². The largest absolute Gasteiger partial charge is 0.355 e. The van der Waals surface area contributed by atoms with Crippen LogP contribution in [0.3, 0.4) is 0 Å². The van der Waals surface area contributed by atoms with E-state index in [9.17, 15) is 4.79 Å². The number of carbonyl (C=O) groups excluding carboxylic acids is 1. The summed E-state index contributed by atoms with van der Waals surface area (Å²) < 4.78 is 1.96. The van der Waals surface area contributed by atoms with Crippen LogP contribution in [0.25, 0.3) is 5.65 Å². The fraction of sp³-hybridized carbons (Fsp3) is 0.455. The zero-order valence-electron chi connectivity index (χ0n) is 17.4. The molecule has 1 amide bonds. The number of amides is 1. The maximum Gasteiger partial charge on any atom is 0.227 e. The van der Waals surface area contributed by atoms with Crippen molar-refractivity contribution >= 4 is 29.0 Å². The van der Waals surface area contributed by atoms with E-state index in [0.717, 1.165) is 75.8 Å². The van der Waals surface area contributed by atoms with Gasteiger partial charge in [0.05, 0.1) is 22.8 Å². The van der Waals surface area contributed by atoms with Crippen LogP contribution in [0.15, 0.2) is 43.1 Å². The van der Waals surface area contributed by atoms with E-state index in [4.69, 9.17) is 11.6 Å². The highest BCUT2D eigenvalue weighted by molar-refractivity contribution is 6.30. The average Bonchev–Trinajstić information content (AvgIpc) is 3.21. The van der Waals surface area contributed by atoms with Crippen LogP contribution in [-0.2, 0) is 11.3 Å². The standard InChI is InChI=1S/C22H26ClN7O/c23-18-3-4-20-26-19(16-30(20)14-18)15-27-8-10-28(11-9-27)22(31)17-2-1-7-29(13-17)21-12-24-5-6-25-21/h3-6,12,14,16-17H,1-2,7-11,13,15H2. The van der Waals surface area contributed by atoms with Gasteiger partial charge in [-0.3, -0.25) is 14.7 Å². The second-order valence-electron chi connectivity index (χ2n) is 8.30. The summed E-state index contributed by atoms with van der Waals surface area (Å²) in [5.74, 6) is 1.17. The number of hydrogen-bond acceptors (Lipinski definition) is 6. The van der Waals surface area contributed by atoms with E-state index in [1.165, 1.54) is 0 Å². The van der Waals surface area contributed by atoms with Gasteiger partial charge in [-0.25, -0.2) is 9.97 Å². The molecule has 3 aromatic rings. The first-order valence-electron chi connectivity index (χ1n) is 10.8. The Kier molecular flexibility index (Phi) is 5.74. The van der Waals surface area contributed by atoms with Crippen LogP contribution in [0.5, 0.6) is 0 Å². The number of fused-ring (bicyclic) bond motifs is 1. The Labute approximate surface area is 186 Å². The van der Waals surface area contributed by atoms with Gasteiger partial charge in [0.25, 0.3) is 0 Å². The zero-order chi connectivity index (χ0) is 21.2. The predicted octanol–water partition coefficient (Wildman–Crippen LogP) is 2.34. The Morgan fingerprint density at radius 2 is 1.97 bits per heavy atom.